The average molecular weight is 280 g/mol. The molecular weight excluding hydrogens is 256 g/mol. The van der Waals surface area contributed by atoms with Gasteiger partial charge in [-0.15, -0.1) is 0 Å². The first-order valence-corrected chi connectivity index (χ1v) is 7.47. The number of rotatable bonds is 1. The molecule has 4 heteroatoms. The third kappa shape index (κ3) is 1.70. The van der Waals surface area contributed by atoms with Crippen LogP contribution in [0.3, 0.4) is 0 Å². The summed E-state index contributed by atoms with van der Waals surface area (Å²) in [6, 6.07) is 0. The van der Waals surface area contributed by atoms with Crippen LogP contribution in [0.15, 0.2) is 11.1 Å². The molecule has 112 valence electrons. The zero-order valence-corrected chi connectivity index (χ0v) is 12.7. The van der Waals surface area contributed by atoms with E-state index in [4.69, 9.17) is 9.47 Å². The molecule has 1 saturated carbocycles. The zero-order valence-electron chi connectivity index (χ0n) is 12.7. The topological polar surface area (TPSA) is 55.8 Å². The first kappa shape index (κ1) is 14.1. The molecule has 2 aliphatic carbocycles. The maximum Gasteiger partial charge on any atom is 0.339 e. The van der Waals surface area contributed by atoms with Crippen LogP contribution in [-0.2, 0) is 14.3 Å². The molecule has 0 aromatic heterocycles. The fourth-order valence-corrected chi connectivity index (χ4v) is 4.88. The molecule has 0 amide bonds. The van der Waals surface area contributed by atoms with E-state index in [0.717, 1.165) is 24.8 Å². The van der Waals surface area contributed by atoms with Crippen molar-refractivity contribution in [2.45, 2.75) is 58.8 Å². The van der Waals surface area contributed by atoms with Crippen molar-refractivity contribution in [1.82, 2.24) is 0 Å². The van der Waals surface area contributed by atoms with Crippen molar-refractivity contribution in [3.63, 3.8) is 0 Å². The number of hydrogen-bond acceptors (Lipinski definition) is 4. The second-order valence-corrected chi connectivity index (χ2v) is 7.36. The molecule has 0 radical (unpaired) electrons. The first-order chi connectivity index (χ1) is 9.31. The molecule has 1 aliphatic heterocycles. The fraction of sp³-hybridized carbons (Fsp3) is 0.812. The number of methoxy groups -OCH3 is 1. The summed E-state index contributed by atoms with van der Waals surface area (Å²) in [4.78, 5) is 12.0. The number of cyclic esters (lactones) is 1. The first-order valence-electron chi connectivity index (χ1n) is 7.47. The lowest BCUT2D eigenvalue weighted by atomic mass is 9.50. The predicted molar refractivity (Wildman–Crippen MR) is 73.8 cm³/mol. The predicted octanol–water partition coefficient (Wildman–Crippen LogP) is 2.41. The Kier molecular flexibility index (Phi) is 3.04. The van der Waals surface area contributed by atoms with Crippen molar-refractivity contribution in [2.75, 3.05) is 7.11 Å². The summed E-state index contributed by atoms with van der Waals surface area (Å²) in [6.07, 6.45) is 2.64. The number of aliphatic hydroxyl groups excluding tert-OH is 1. The van der Waals surface area contributed by atoms with Gasteiger partial charge in [-0.25, -0.2) is 4.79 Å². The number of carbonyl (C=O) groups excluding carboxylic acids is 1. The molecule has 4 atom stereocenters. The van der Waals surface area contributed by atoms with Crippen LogP contribution >= 0.6 is 0 Å². The van der Waals surface area contributed by atoms with Crippen LogP contribution in [0.25, 0.3) is 0 Å². The smallest absolute Gasteiger partial charge is 0.339 e. The minimum Gasteiger partial charge on any atom is -0.428 e. The Morgan fingerprint density at radius 1 is 1.30 bits per heavy atom. The lowest BCUT2D eigenvalue weighted by molar-refractivity contribution is -0.158. The van der Waals surface area contributed by atoms with E-state index in [2.05, 4.69) is 20.8 Å². The van der Waals surface area contributed by atoms with Crippen molar-refractivity contribution in [3.8, 4) is 0 Å². The zero-order chi connectivity index (χ0) is 14.7. The summed E-state index contributed by atoms with van der Waals surface area (Å²) in [5.74, 6) is -0.0490. The molecule has 4 nitrogen and oxygen atoms in total. The minimum atomic E-state index is -0.715. The Bertz CT molecular complexity index is 479. The summed E-state index contributed by atoms with van der Waals surface area (Å²) in [7, 11) is 1.56. The summed E-state index contributed by atoms with van der Waals surface area (Å²) in [5, 5.41) is 10.4. The molecule has 1 N–H and O–H groups in total. The molecule has 0 aromatic rings. The number of aliphatic hydroxyl groups is 1. The average Bonchev–Trinajstić information content (AvgIpc) is 2.71. The Morgan fingerprint density at radius 3 is 2.65 bits per heavy atom. The van der Waals surface area contributed by atoms with Gasteiger partial charge in [0.15, 0.2) is 0 Å². The summed E-state index contributed by atoms with van der Waals surface area (Å²) in [6.45, 7) is 6.76. The molecule has 3 aliphatic rings. The number of carbonyl (C=O) groups is 1. The van der Waals surface area contributed by atoms with E-state index in [1.807, 2.05) is 0 Å². The molecule has 0 saturated heterocycles. The van der Waals surface area contributed by atoms with Crippen molar-refractivity contribution in [2.24, 2.45) is 16.7 Å². The minimum absolute atomic E-state index is 0.108. The van der Waals surface area contributed by atoms with Gasteiger partial charge in [-0.2, -0.15) is 0 Å². The quantitative estimate of drug-likeness (QED) is 0.749. The van der Waals surface area contributed by atoms with E-state index in [1.165, 1.54) is 0 Å². The second-order valence-electron chi connectivity index (χ2n) is 7.36. The van der Waals surface area contributed by atoms with E-state index in [9.17, 15) is 9.90 Å². The molecular formula is C16H24O4. The monoisotopic (exact) mass is 280 g/mol. The highest BCUT2D eigenvalue weighted by atomic mass is 16.7. The number of fused-ring (bicyclic) bond motifs is 2. The maximum atomic E-state index is 12.0. The summed E-state index contributed by atoms with van der Waals surface area (Å²) < 4.78 is 10.7. The van der Waals surface area contributed by atoms with Crippen LogP contribution in [0.4, 0.5) is 0 Å². The summed E-state index contributed by atoms with van der Waals surface area (Å²) >= 11 is 0. The number of esters is 1. The van der Waals surface area contributed by atoms with Gasteiger partial charge in [0.05, 0.1) is 11.7 Å². The Labute approximate surface area is 120 Å². The number of ether oxygens (including phenoxy) is 2. The molecule has 1 fully saturated rings. The van der Waals surface area contributed by atoms with Gasteiger partial charge in [0.25, 0.3) is 0 Å². The van der Waals surface area contributed by atoms with Crippen LogP contribution in [0.1, 0.15) is 46.5 Å². The van der Waals surface area contributed by atoms with Gasteiger partial charge < -0.3 is 14.6 Å². The van der Waals surface area contributed by atoms with Gasteiger partial charge >= 0.3 is 5.97 Å². The molecule has 0 bridgehead atoms. The van der Waals surface area contributed by atoms with Crippen LogP contribution in [0.2, 0.25) is 0 Å². The highest BCUT2D eigenvalue weighted by Gasteiger charge is 2.58. The van der Waals surface area contributed by atoms with Crippen LogP contribution in [0, 0.1) is 16.7 Å². The maximum absolute atomic E-state index is 12.0. The lowest BCUT2D eigenvalue weighted by Gasteiger charge is -2.54. The van der Waals surface area contributed by atoms with E-state index in [1.54, 1.807) is 7.11 Å². The molecule has 1 heterocycles. The third-order valence-electron chi connectivity index (χ3n) is 5.81. The van der Waals surface area contributed by atoms with E-state index < -0.39 is 18.4 Å². The highest BCUT2D eigenvalue weighted by Crippen LogP contribution is 2.61. The highest BCUT2D eigenvalue weighted by molar-refractivity contribution is 5.94. The van der Waals surface area contributed by atoms with Crippen molar-refractivity contribution >= 4 is 5.97 Å². The van der Waals surface area contributed by atoms with Crippen LogP contribution in [-0.4, -0.2) is 30.6 Å². The SMILES string of the molecule is CO[C@@H]1OC(=O)C2=C1[C@@]1(C)CCCC(C)(C)[C@H]1C[C@@H]2O. The normalized spacial score (nSPS) is 43.0. The standard InChI is InChI=1S/C16H24O4/c1-15(2)6-5-7-16(3)10(15)8-9(17)11-12(16)14(19-4)20-13(11)18/h9-10,14,17H,5-8H2,1-4H3/t9-,10+,14+,16-/m0/s1. The van der Waals surface area contributed by atoms with E-state index in [-0.39, 0.29) is 10.8 Å². The summed E-state index contributed by atoms with van der Waals surface area (Å²) in [5.41, 5.74) is 1.43. The van der Waals surface area contributed by atoms with Gasteiger partial charge in [-0.3, -0.25) is 0 Å². The van der Waals surface area contributed by atoms with Gasteiger partial charge in [0.1, 0.15) is 0 Å². The largest absolute Gasteiger partial charge is 0.428 e. The molecule has 0 spiro atoms. The van der Waals surface area contributed by atoms with E-state index in [0.29, 0.717) is 17.9 Å². The Morgan fingerprint density at radius 2 is 2.00 bits per heavy atom. The van der Waals surface area contributed by atoms with E-state index >= 15 is 0 Å². The van der Waals surface area contributed by atoms with Gasteiger partial charge in [0.2, 0.25) is 6.29 Å². The molecule has 0 aromatic carbocycles. The lowest BCUT2D eigenvalue weighted by Crippen LogP contribution is -2.50. The van der Waals surface area contributed by atoms with Crippen LogP contribution < -0.4 is 0 Å². The van der Waals surface area contributed by atoms with Crippen molar-refractivity contribution < 1.29 is 19.4 Å². The fourth-order valence-electron chi connectivity index (χ4n) is 4.88. The third-order valence-corrected chi connectivity index (χ3v) is 5.81. The molecule has 3 rings (SSSR count). The van der Waals surface area contributed by atoms with Crippen molar-refractivity contribution in [3.05, 3.63) is 11.1 Å². The second kappa shape index (κ2) is 4.31. The van der Waals surface area contributed by atoms with Gasteiger partial charge in [-0.1, -0.05) is 27.2 Å². The van der Waals surface area contributed by atoms with Crippen LogP contribution in [0.5, 0.6) is 0 Å². The molecule has 20 heavy (non-hydrogen) atoms. The van der Waals surface area contributed by atoms with Gasteiger partial charge in [-0.05, 0) is 36.0 Å². The number of hydrogen-bond donors (Lipinski definition) is 1. The van der Waals surface area contributed by atoms with Crippen molar-refractivity contribution in [1.29, 1.82) is 0 Å². The van der Waals surface area contributed by atoms with Gasteiger partial charge in [0, 0.05) is 12.7 Å². The Balaban J connectivity index is 2.14. The molecule has 0 unspecified atom stereocenters. The Hall–Kier alpha value is -0.870.